The molecule has 0 saturated carbocycles. The Morgan fingerprint density at radius 3 is 2.67 bits per heavy atom. The summed E-state index contributed by atoms with van der Waals surface area (Å²) in [7, 11) is 0. The SMILES string of the molecule is O=C(O)[C@@H]1CCCCN1C1CCc2cc(C#Cc3cccc(F)c3)ccc21. The second kappa shape index (κ2) is 7.54. The van der Waals surface area contributed by atoms with Crippen molar-refractivity contribution in [2.24, 2.45) is 0 Å². The minimum Gasteiger partial charge on any atom is -0.480 e. The fraction of sp³-hybridized carbons (Fsp3) is 0.348. The Labute approximate surface area is 158 Å². The summed E-state index contributed by atoms with van der Waals surface area (Å²) < 4.78 is 13.3. The number of carboxylic acid groups (broad SMARTS) is 1. The van der Waals surface area contributed by atoms with Crippen LogP contribution < -0.4 is 0 Å². The van der Waals surface area contributed by atoms with Crippen molar-refractivity contribution in [3.05, 3.63) is 70.5 Å². The van der Waals surface area contributed by atoms with Gasteiger partial charge in [-0.1, -0.05) is 30.4 Å². The number of carboxylic acids is 1. The molecule has 4 heteroatoms. The molecule has 27 heavy (non-hydrogen) atoms. The van der Waals surface area contributed by atoms with E-state index in [4.69, 9.17) is 0 Å². The minimum atomic E-state index is -0.708. The number of hydrogen-bond donors (Lipinski definition) is 1. The number of carbonyl (C=O) groups is 1. The smallest absolute Gasteiger partial charge is 0.320 e. The number of hydrogen-bond acceptors (Lipinski definition) is 2. The third-order valence-electron chi connectivity index (χ3n) is 5.59. The maximum Gasteiger partial charge on any atom is 0.320 e. The summed E-state index contributed by atoms with van der Waals surface area (Å²) in [6, 6.07) is 12.3. The molecule has 0 aromatic heterocycles. The molecule has 0 amide bonds. The van der Waals surface area contributed by atoms with Gasteiger partial charge in [0.1, 0.15) is 11.9 Å². The van der Waals surface area contributed by atoms with Crippen LogP contribution >= 0.6 is 0 Å². The third kappa shape index (κ3) is 3.74. The summed E-state index contributed by atoms with van der Waals surface area (Å²) >= 11 is 0. The molecule has 1 unspecified atom stereocenters. The van der Waals surface area contributed by atoms with Crippen molar-refractivity contribution in [2.45, 2.75) is 44.2 Å². The molecule has 0 bridgehead atoms. The molecule has 2 aromatic rings. The lowest BCUT2D eigenvalue weighted by molar-refractivity contribution is -0.145. The maximum atomic E-state index is 13.3. The molecule has 138 valence electrons. The Bertz CT molecular complexity index is 927. The van der Waals surface area contributed by atoms with Gasteiger partial charge in [0.15, 0.2) is 0 Å². The summed E-state index contributed by atoms with van der Waals surface area (Å²) in [6.07, 6.45) is 4.69. The summed E-state index contributed by atoms with van der Waals surface area (Å²) in [4.78, 5) is 13.8. The maximum absolute atomic E-state index is 13.3. The highest BCUT2D eigenvalue weighted by atomic mass is 19.1. The van der Waals surface area contributed by atoms with Crippen LogP contribution in [0, 0.1) is 17.7 Å². The van der Waals surface area contributed by atoms with Crippen LogP contribution in [0.15, 0.2) is 42.5 Å². The first-order valence-electron chi connectivity index (χ1n) is 9.51. The predicted molar refractivity (Wildman–Crippen MR) is 102 cm³/mol. The minimum absolute atomic E-state index is 0.187. The van der Waals surface area contributed by atoms with Gasteiger partial charge in [0.2, 0.25) is 0 Å². The van der Waals surface area contributed by atoms with Crippen LogP contribution in [0.5, 0.6) is 0 Å². The molecule has 1 aliphatic heterocycles. The van der Waals surface area contributed by atoms with Crippen LogP contribution in [0.2, 0.25) is 0 Å². The zero-order valence-electron chi connectivity index (χ0n) is 15.1. The van der Waals surface area contributed by atoms with Gasteiger partial charge in [0, 0.05) is 17.2 Å². The van der Waals surface area contributed by atoms with Gasteiger partial charge in [0.25, 0.3) is 0 Å². The van der Waals surface area contributed by atoms with Gasteiger partial charge in [-0.05, 0) is 73.7 Å². The molecule has 1 N–H and O–H groups in total. The molecular formula is C23H22FNO2. The van der Waals surface area contributed by atoms with Crippen molar-refractivity contribution in [3.63, 3.8) is 0 Å². The van der Waals surface area contributed by atoms with Gasteiger partial charge in [-0.3, -0.25) is 9.69 Å². The number of nitrogens with zero attached hydrogens (tertiary/aromatic N) is 1. The Morgan fingerprint density at radius 2 is 1.89 bits per heavy atom. The summed E-state index contributed by atoms with van der Waals surface area (Å²) in [5.74, 6) is 5.13. The molecule has 3 nitrogen and oxygen atoms in total. The molecular weight excluding hydrogens is 341 g/mol. The Hall–Kier alpha value is -2.64. The van der Waals surface area contributed by atoms with Gasteiger partial charge >= 0.3 is 5.97 Å². The average Bonchev–Trinajstić information content (AvgIpc) is 3.09. The molecule has 1 aliphatic carbocycles. The molecule has 1 fully saturated rings. The van der Waals surface area contributed by atoms with Gasteiger partial charge in [-0.15, -0.1) is 0 Å². The molecule has 0 spiro atoms. The van der Waals surface area contributed by atoms with Gasteiger partial charge in [-0.2, -0.15) is 0 Å². The number of likely N-dealkylation sites (tertiary alicyclic amines) is 1. The Kier molecular flexibility index (Phi) is 4.96. The van der Waals surface area contributed by atoms with E-state index in [-0.39, 0.29) is 17.9 Å². The quantitative estimate of drug-likeness (QED) is 0.815. The number of halogens is 1. The second-order valence-corrected chi connectivity index (χ2v) is 7.32. The van der Waals surface area contributed by atoms with Crippen LogP contribution in [0.3, 0.4) is 0 Å². The number of aliphatic carboxylic acids is 1. The van der Waals surface area contributed by atoms with E-state index in [2.05, 4.69) is 28.9 Å². The monoisotopic (exact) mass is 363 g/mol. The van der Waals surface area contributed by atoms with Gasteiger partial charge < -0.3 is 5.11 Å². The van der Waals surface area contributed by atoms with Crippen molar-refractivity contribution in [2.75, 3.05) is 6.54 Å². The lowest BCUT2D eigenvalue weighted by Crippen LogP contribution is -2.46. The normalized spacial score (nSPS) is 22.0. The van der Waals surface area contributed by atoms with Crippen LogP contribution in [0.25, 0.3) is 0 Å². The molecule has 1 heterocycles. The van der Waals surface area contributed by atoms with E-state index in [0.717, 1.165) is 44.2 Å². The average molecular weight is 363 g/mol. The van der Waals surface area contributed by atoms with Gasteiger partial charge in [-0.25, -0.2) is 4.39 Å². The lowest BCUT2D eigenvalue weighted by Gasteiger charge is -2.37. The number of benzene rings is 2. The highest BCUT2D eigenvalue weighted by Gasteiger charge is 2.36. The van der Waals surface area contributed by atoms with E-state index in [1.54, 1.807) is 12.1 Å². The van der Waals surface area contributed by atoms with Crippen LogP contribution in [0.1, 0.15) is 54.0 Å². The van der Waals surface area contributed by atoms with Crippen molar-refractivity contribution in [1.82, 2.24) is 4.90 Å². The molecule has 4 rings (SSSR count). The Morgan fingerprint density at radius 1 is 1.07 bits per heavy atom. The van der Waals surface area contributed by atoms with E-state index in [9.17, 15) is 14.3 Å². The van der Waals surface area contributed by atoms with E-state index in [0.29, 0.717) is 5.56 Å². The first-order valence-corrected chi connectivity index (χ1v) is 9.51. The molecule has 2 aromatic carbocycles. The number of piperidine rings is 1. The first-order chi connectivity index (χ1) is 13.1. The summed E-state index contributed by atoms with van der Waals surface area (Å²) in [5, 5.41) is 9.57. The number of aryl methyl sites for hydroxylation is 1. The third-order valence-corrected chi connectivity index (χ3v) is 5.59. The fourth-order valence-electron chi connectivity index (χ4n) is 4.32. The molecule has 2 atom stereocenters. The highest BCUT2D eigenvalue weighted by molar-refractivity contribution is 5.73. The predicted octanol–water partition coefficient (Wildman–Crippen LogP) is 4.15. The van der Waals surface area contributed by atoms with Crippen molar-refractivity contribution in [3.8, 4) is 11.8 Å². The summed E-state index contributed by atoms with van der Waals surface area (Å²) in [5.41, 5.74) is 4.05. The largest absolute Gasteiger partial charge is 0.480 e. The van der Waals surface area contributed by atoms with Crippen molar-refractivity contribution >= 4 is 5.97 Å². The van der Waals surface area contributed by atoms with Crippen molar-refractivity contribution < 1.29 is 14.3 Å². The van der Waals surface area contributed by atoms with Gasteiger partial charge in [0.05, 0.1) is 0 Å². The lowest BCUT2D eigenvalue weighted by atomic mass is 9.96. The van der Waals surface area contributed by atoms with E-state index >= 15 is 0 Å². The number of fused-ring (bicyclic) bond motifs is 1. The van der Waals surface area contributed by atoms with Crippen LogP contribution in [-0.4, -0.2) is 28.6 Å². The van der Waals surface area contributed by atoms with E-state index < -0.39 is 5.97 Å². The molecule has 1 saturated heterocycles. The Balaban J connectivity index is 1.57. The second-order valence-electron chi connectivity index (χ2n) is 7.32. The van der Waals surface area contributed by atoms with E-state index in [1.165, 1.54) is 23.3 Å². The standard InChI is InChI=1S/C23H22FNO2/c24-19-5-3-4-16(15-19)7-8-17-9-11-20-18(14-17)10-12-21(20)25-13-2-1-6-22(25)23(26)27/h3-5,9,11,14-15,21-22H,1-2,6,10,12-13H2,(H,26,27)/t21?,22-/m0/s1. The van der Waals surface area contributed by atoms with Crippen molar-refractivity contribution in [1.29, 1.82) is 0 Å². The zero-order valence-corrected chi connectivity index (χ0v) is 15.1. The fourth-order valence-corrected chi connectivity index (χ4v) is 4.32. The van der Waals surface area contributed by atoms with Crippen LogP contribution in [0.4, 0.5) is 4.39 Å². The zero-order chi connectivity index (χ0) is 18.8. The molecule has 2 aliphatic rings. The highest BCUT2D eigenvalue weighted by Crippen LogP contribution is 2.39. The summed E-state index contributed by atoms with van der Waals surface area (Å²) in [6.45, 7) is 0.849. The molecule has 0 radical (unpaired) electrons. The first kappa shape index (κ1) is 17.8. The topological polar surface area (TPSA) is 40.5 Å². The number of rotatable bonds is 2. The van der Waals surface area contributed by atoms with E-state index in [1.807, 2.05) is 6.07 Å². The van der Waals surface area contributed by atoms with Crippen LogP contribution in [-0.2, 0) is 11.2 Å².